The second-order valence-corrected chi connectivity index (χ2v) is 10.6. The Balaban J connectivity index is 0.00000253. The predicted octanol–water partition coefficient (Wildman–Crippen LogP) is 5.23. The van der Waals surface area contributed by atoms with E-state index in [-0.39, 0.29) is 37.3 Å². The molecule has 43 heavy (non-hydrogen) atoms. The summed E-state index contributed by atoms with van der Waals surface area (Å²) in [6.07, 6.45) is -0.677. The molecular formula is C33H41Cl2N5O3. The average Bonchev–Trinajstić information content (AvgIpc) is 3.35. The number of halogens is 2. The predicted molar refractivity (Wildman–Crippen MR) is 178 cm³/mol. The number of aliphatic hydroxyl groups is 1. The number of nitrogens with one attached hydrogen (secondary N) is 1. The van der Waals surface area contributed by atoms with Crippen LogP contribution in [-0.4, -0.2) is 77.9 Å². The van der Waals surface area contributed by atoms with Crippen LogP contribution in [0.25, 0.3) is 17.1 Å². The molecule has 8 nitrogen and oxygen atoms in total. The number of aromatic nitrogens is 2. The van der Waals surface area contributed by atoms with Gasteiger partial charge in [0.1, 0.15) is 17.3 Å². The third-order valence-corrected chi connectivity index (χ3v) is 7.94. The Bertz CT molecular complexity index is 1490. The number of piperazine rings is 1. The van der Waals surface area contributed by atoms with Crippen LogP contribution in [0.2, 0.25) is 0 Å². The second-order valence-electron chi connectivity index (χ2n) is 10.6. The highest BCUT2D eigenvalue weighted by atomic mass is 35.5. The van der Waals surface area contributed by atoms with Gasteiger partial charge in [0, 0.05) is 56.2 Å². The van der Waals surface area contributed by atoms with E-state index < -0.39 is 6.10 Å². The molecule has 0 radical (unpaired) electrons. The molecule has 1 aliphatic heterocycles. The molecule has 2 N–H and O–H groups in total. The van der Waals surface area contributed by atoms with Gasteiger partial charge in [-0.3, -0.25) is 14.3 Å². The van der Waals surface area contributed by atoms with E-state index in [2.05, 4.69) is 47.2 Å². The van der Waals surface area contributed by atoms with Crippen LogP contribution < -0.4 is 15.0 Å². The summed E-state index contributed by atoms with van der Waals surface area (Å²) in [5.41, 5.74) is 6.77. The number of rotatable bonds is 9. The number of hydrogen-bond acceptors (Lipinski definition) is 6. The summed E-state index contributed by atoms with van der Waals surface area (Å²) in [4.78, 5) is 22.8. The molecule has 2 heterocycles. The topological polar surface area (TPSA) is 82.9 Å². The number of aryl methyl sites for hydroxylation is 1. The molecule has 1 atom stereocenters. The molecule has 1 unspecified atom stereocenters. The highest BCUT2D eigenvalue weighted by molar-refractivity contribution is 5.94. The van der Waals surface area contributed by atoms with Gasteiger partial charge in [-0.2, -0.15) is 0 Å². The van der Waals surface area contributed by atoms with E-state index in [0.29, 0.717) is 18.1 Å². The molecule has 1 saturated heterocycles. The average molecular weight is 627 g/mol. The van der Waals surface area contributed by atoms with E-state index in [4.69, 9.17) is 9.72 Å². The maximum Gasteiger partial charge on any atom is 0.271 e. The lowest BCUT2D eigenvalue weighted by molar-refractivity contribution is 0.0847. The summed E-state index contributed by atoms with van der Waals surface area (Å²) in [6.45, 7) is 10.4. The number of β-amino-alcohol motifs (C(OH)–C–C–N with tert-alkyl or cyclic N) is 1. The van der Waals surface area contributed by atoms with Crippen molar-refractivity contribution in [1.29, 1.82) is 0 Å². The van der Waals surface area contributed by atoms with Crippen molar-refractivity contribution in [3.63, 3.8) is 0 Å². The van der Waals surface area contributed by atoms with Gasteiger partial charge in [-0.1, -0.05) is 42.5 Å². The Morgan fingerprint density at radius 2 is 1.60 bits per heavy atom. The first-order valence-corrected chi connectivity index (χ1v) is 14.1. The van der Waals surface area contributed by atoms with Crippen molar-refractivity contribution in [2.24, 2.45) is 0 Å². The first-order valence-electron chi connectivity index (χ1n) is 14.1. The molecule has 0 bridgehead atoms. The maximum absolute atomic E-state index is 13.3. The van der Waals surface area contributed by atoms with Gasteiger partial charge in [0.2, 0.25) is 0 Å². The number of hydrogen-bond donors (Lipinski definition) is 2. The van der Waals surface area contributed by atoms with Crippen molar-refractivity contribution < 1.29 is 14.6 Å². The van der Waals surface area contributed by atoms with E-state index >= 15 is 0 Å². The van der Waals surface area contributed by atoms with Crippen molar-refractivity contribution >= 4 is 36.4 Å². The second kappa shape index (κ2) is 15.3. The van der Waals surface area contributed by atoms with Gasteiger partial charge in [-0.25, -0.2) is 4.98 Å². The summed E-state index contributed by atoms with van der Waals surface area (Å²) in [5.74, 6) is 1.14. The minimum absolute atomic E-state index is 0. The van der Waals surface area contributed by atoms with Gasteiger partial charge in [-0.15, -0.1) is 24.8 Å². The molecule has 0 spiro atoms. The van der Waals surface area contributed by atoms with Gasteiger partial charge < -0.3 is 20.1 Å². The van der Waals surface area contributed by atoms with E-state index in [0.717, 1.165) is 48.9 Å². The van der Waals surface area contributed by atoms with Gasteiger partial charge in [0.15, 0.2) is 0 Å². The lowest BCUT2D eigenvalue weighted by Crippen LogP contribution is -2.50. The van der Waals surface area contributed by atoms with E-state index in [9.17, 15) is 9.90 Å². The lowest BCUT2D eigenvalue weighted by atomic mass is 10.1. The molecule has 1 fully saturated rings. The molecule has 4 aromatic rings. The van der Waals surface area contributed by atoms with Crippen molar-refractivity contribution in [1.82, 2.24) is 19.8 Å². The summed E-state index contributed by atoms with van der Waals surface area (Å²) < 4.78 is 7.30. The Morgan fingerprint density at radius 3 is 2.26 bits per heavy atom. The number of ether oxygens (including phenoxy) is 1. The maximum atomic E-state index is 13.3. The lowest BCUT2D eigenvalue weighted by Gasteiger charge is -2.37. The van der Waals surface area contributed by atoms with Gasteiger partial charge in [0.25, 0.3) is 5.91 Å². The third kappa shape index (κ3) is 7.70. The van der Waals surface area contributed by atoms with Crippen molar-refractivity contribution in [3.8, 4) is 22.8 Å². The van der Waals surface area contributed by atoms with Gasteiger partial charge >= 0.3 is 0 Å². The zero-order chi connectivity index (χ0) is 28.9. The Hall–Kier alpha value is -3.56. The van der Waals surface area contributed by atoms with E-state index in [1.54, 1.807) is 7.11 Å². The highest BCUT2D eigenvalue weighted by Crippen LogP contribution is 2.28. The minimum atomic E-state index is -0.677. The molecule has 3 aromatic carbocycles. The number of carbonyl (C=O) groups is 1. The molecule has 1 aliphatic rings. The standard InChI is InChI=1S/C33H39N5O3.2ClH/c1-23-9-8-12-30(24(23)2)37-19-17-36(18-20-37)22-28(39)21-34-33(40)31-25(3)38(27-13-15-29(41-4)16-14-27)32(35-31)26-10-6-5-7-11-26;;/h5-16,28,39H,17-22H2,1-4H3,(H,34,40);2*1H. The van der Waals surface area contributed by atoms with Crippen LogP contribution >= 0.6 is 24.8 Å². The fourth-order valence-electron chi connectivity index (χ4n) is 5.45. The van der Waals surface area contributed by atoms with Crippen LogP contribution in [0.5, 0.6) is 5.75 Å². The molecule has 5 rings (SSSR count). The number of benzene rings is 3. The van der Waals surface area contributed by atoms with Gasteiger partial charge in [-0.05, 0) is 62.2 Å². The highest BCUT2D eigenvalue weighted by Gasteiger charge is 2.24. The fourth-order valence-corrected chi connectivity index (χ4v) is 5.45. The smallest absolute Gasteiger partial charge is 0.271 e. The molecule has 0 saturated carbocycles. The summed E-state index contributed by atoms with van der Waals surface area (Å²) in [5, 5.41) is 13.7. The number of imidazole rings is 1. The quantitative estimate of drug-likeness (QED) is 0.265. The van der Waals surface area contributed by atoms with E-state index in [1.165, 1.54) is 16.8 Å². The fraction of sp³-hybridized carbons (Fsp3) is 0.333. The zero-order valence-corrected chi connectivity index (χ0v) is 26.8. The molecular weight excluding hydrogens is 585 g/mol. The Morgan fingerprint density at radius 1 is 0.930 bits per heavy atom. The zero-order valence-electron chi connectivity index (χ0n) is 25.1. The van der Waals surface area contributed by atoms with Crippen molar-refractivity contribution in [2.45, 2.75) is 26.9 Å². The van der Waals surface area contributed by atoms with E-state index in [1.807, 2.05) is 66.1 Å². The van der Waals surface area contributed by atoms with Crippen molar-refractivity contribution in [3.05, 3.63) is 95.3 Å². The molecule has 1 aromatic heterocycles. The van der Waals surface area contributed by atoms with Crippen LogP contribution in [0.3, 0.4) is 0 Å². The monoisotopic (exact) mass is 625 g/mol. The number of amides is 1. The molecule has 10 heteroatoms. The SMILES string of the molecule is COc1ccc(-n2c(-c3ccccc3)nc(C(=O)NCC(O)CN3CCN(c4cccc(C)c4C)CC3)c2C)cc1.Cl.Cl. The van der Waals surface area contributed by atoms with Crippen LogP contribution in [0.15, 0.2) is 72.8 Å². The van der Waals surface area contributed by atoms with Crippen LogP contribution in [0.4, 0.5) is 5.69 Å². The van der Waals surface area contributed by atoms with Crippen molar-refractivity contribution in [2.75, 3.05) is 51.3 Å². The first-order chi connectivity index (χ1) is 19.9. The molecule has 1 amide bonds. The van der Waals surface area contributed by atoms with Crippen LogP contribution in [0.1, 0.15) is 27.3 Å². The van der Waals surface area contributed by atoms with Crippen LogP contribution in [0, 0.1) is 20.8 Å². The summed E-state index contributed by atoms with van der Waals surface area (Å²) in [6, 6.07) is 23.9. The number of anilines is 1. The molecule has 230 valence electrons. The summed E-state index contributed by atoms with van der Waals surface area (Å²) >= 11 is 0. The summed E-state index contributed by atoms with van der Waals surface area (Å²) in [7, 11) is 1.63. The Labute approximate surface area is 266 Å². The molecule has 0 aliphatic carbocycles. The Kier molecular flexibility index (Phi) is 12.0. The largest absolute Gasteiger partial charge is 0.497 e. The van der Waals surface area contributed by atoms with Crippen LogP contribution in [-0.2, 0) is 0 Å². The number of aliphatic hydroxyl groups excluding tert-OH is 1. The minimum Gasteiger partial charge on any atom is -0.497 e. The number of methoxy groups -OCH3 is 1. The number of nitrogens with zero attached hydrogens (tertiary/aromatic N) is 4. The third-order valence-electron chi connectivity index (χ3n) is 7.94. The first kappa shape index (κ1) is 33.9. The van der Waals surface area contributed by atoms with Gasteiger partial charge in [0.05, 0.1) is 18.9 Å². The number of carbonyl (C=O) groups excluding carboxylic acids is 1. The normalized spacial score (nSPS) is 13.9.